The molecule has 11 rings (SSSR count). The third kappa shape index (κ3) is 5.48. The van der Waals surface area contributed by atoms with Crippen LogP contribution in [0.1, 0.15) is 72.5 Å². The third-order valence-electron chi connectivity index (χ3n) is 14.4. The lowest BCUT2D eigenvalue weighted by Gasteiger charge is -2.42. The van der Waals surface area contributed by atoms with Gasteiger partial charge in [0.15, 0.2) is 0 Å². The molecule has 0 spiro atoms. The average Bonchev–Trinajstić information content (AvgIpc) is 3.27. The van der Waals surface area contributed by atoms with E-state index in [1.807, 2.05) is 0 Å². The van der Waals surface area contributed by atoms with Crippen molar-refractivity contribution in [2.75, 3.05) is 9.80 Å². The van der Waals surface area contributed by atoms with Crippen molar-refractivity contribution in [1.29, 1.82) is 0 Å². The van der Waals surface area contributed by atoms with Crippen LogP contribution in [0.3, 0.4) is 0 Å². The minimum atomic E-state index is -0.131. The molecule has 0 saturated carbocycles. The predicted octanol–water partition coefficient (Wildman–Crippen LogP) is 9.27. The van der Waals surface area contributed by atoms with E-state index < -0.39 is 0 Å². The van der Waals surface area contributed by atoms with Crippen molar-refractivity contribution in [2.24, 2.45) is 0 Å². The van der Waals surface area contributed by atoms with E-state index in [9.17, 15) is 0 Å². The zero-order chi connectivity index (χ0) is 42.7. The summed E-state index contributed by atoms with van der Waals surface area (Å²) in [6.07, 6.45) is 0. The van der Waals surface area contributed by atoms with Crippen LogP contribution in [0.5, 0.6) is 0 Å². The topological polar surface area (TPSA) is 32.3 Å². The molecule has 0 fully saturated rings. The number of para-hydroxylation sites is 4. The van der Waals surface area contributed by atoms with Crippen molar-refractivity contribution >= 4 is 80.6 Å². The lowest BCUT2D eigenvalue weighted by molar-refractivity contribution is 0.631. The second-order valence-electron chi connectivity index (χ2n) is 18.7. The maximum absolute atomic E-state index is 5.54. The average molecular weight is 801 g/mol. The van der Waals surface area contributed by atoms with Crippen LogP contribution in [0.2, 0.25) is 0 Å². The summed E-state index contributed by atoms with van der Waals surface area (Å²) in [5, 5.41) is 0. The number of aryl methyl sites for hydroxylation is 4. The van der Waals surface area contributed by atoms with E-state index in [2.05, 4.69) is 223 Å². The summed E-state index contributed by atoms with van der Waals surface area (Å²) in [4.78, 5) is 15.8. The summed E-state index contributed by atoms with van der Waals surface area (Å²) in [7, 11) is 0. The molecular weight excluding hydrogens is 750 g/mol. The number of fused-ring (bicyclic) bond motifs is 6. The Morgan fingerprint density at radius 2 is 0.629 bits per heavy atom. The summed E-state index contributed by atoms with van der Waals surface area (Å²) in [6, 6.07) is 58.2. The first-order valence-electron chi connectivity index (χ1n) is 22.1. The standard InChI is InChI=1S/C56H50B2N4/c1-35-33-51(61-47-29-17-9-21-39(47)55(5,6)40-22-10-18-30-48(40)61)59-37(3)53(35)57-43-25-13-15-27-45(43)58(46-28-16-14-26-44(46)57)54-36(2)34-52(60-38(54)4)62-49-31-19-11-23-41(49)56(7,8)42-24-12-20-32-50(42)62/h9-34H,1-8H3. The van der Waals surface area contributed by atoms with Gasteiger partial charge in [-0.1, -0.05) is 182 Å². The summed E-state index contributed by atoms with van der Waals surface area (Å²) >= 11 is 0. The molecule has 3 aliphatic rings. The van der Waals surface area contributed by atoms with Gasteiger partial charge in [-0.3, -0.25) is 9.80 Å². The van der Waals surface area contributed by atoms with E-state index in [1.54, 1.807) is 0 Å². The van der Waals surface area contributed by atoms with Crippen LogP contribution in [0.25, 0.3) is 0 Å². The minimum absolute atomic E-state index is 0.0256. The highest BCUT2D eigenvalue weighted by molar-refractivity contribution is 7.11. The molecule has 8 aromatic rings. The molecular formula is C56H50B2N4. The van der Waals surface area contributed by atoms with Crippen LogP contribution in [-0.2, 0) is 10.8 Å². The van der Waals surface area contributed by atoms with Crippen LogP contribution in [0, 0.1) is 27.7 Å². The van der Waals surface area contributed by atoms with Crippen LogP contribution in [0.15, 0.2) is 158 Å². The number of pyridine rings is 2. The first-order chi connectivity index (χ1) is 30.0. The van der Waals surface area contributed by atoms with Gasteiger partial charge in [-0.25, -0.2) is 9.97 Å². The van der Waals surface area contributed by atoms with Crippen LogP contribution >= 0.6 is 0 Å². The van der Waals surface area contributed by atoms with Crippen LogP contribution < -0.4 is 42.6 Å². The zero-order valence-corrected chi connectivity index (χ0v) is 37.0. The van der Waals surface area contributed by atoms with Gasteiger partial charge in [0.05, 0.1) is 22.7 Å². The molecule has 0 atom stereocenters. The SMILES string of the molecule is Cc1cc(N2c3ccccc3C(C)(C)c3ccccc32)nc(C)c1B1c2ccccc2B(c2c(C)cc(N3c4ccccc4C(C)(C)c4ccccc43)nc2C)c2ccccc21. The number of hydrogen-bond donors (Lipinski definition) is 0. The van der Waals surface area contributed by atoms with Gasteiger partial charge in [-0.15, -0.1) is 0 Å². The Hall–Kier alpha value is -6.65. The Bertz CT molecular complexity index is 2730. The zero-order valence-electron chi connectivity index (χ0n) is 37.0. The monoisotopic (exact) mass is 800 g/mol. The lowest BCUT2D eigenvalue weighted by Crippen LogP contribution is -2.75. The molecule has 62 heavy (non-hydrogen) atoms. The summed E-state index contributed by atoms with van der Waals surface area (Å²) in [5.74, 6) is 1.91. The molecule has 6 aromatic carbocycles. The molecule has 0 bridgehead atoms. The molecule has 3 aliphatic heterocycles. The number of hydrogen-bond acceptors (Lipinski definition) is 4. The van der Waals surface area contributed by atoms with Crippen molar-refractivity contribution in [1.82, 2.24) is 9.97 Å². The molecule has 4 nitrogen and oxygen atoms in total. The van der Waals surface area contributed by atoms with Gasteiger partial charge in [-0.2, -0.15) is 0 Å². The fourth-order valence-electron chi connectivity index (χ4n) is 11.6. The van der Waals surface area contributed by atoms with Gasteiger partial charge in [0.2, 0.25) is 13.4 Å². The van der Waals surface area contributed by atoms with Crippen molar-refractivity contribution in [3.63, 3.8) is 0 Å². The molecule has 6 heteroatoms. The van der Waals surface area contributed by atoms with E-state index >= 15 is 0 Å². The number of rotatable bonds is 4. The van der Waals surface area contributed by atoms with Crippen molar-refractivity contribution < 1.29 is 0 Å². The van der Waals surface area contributed by atoms with Gasteiger partial charge < -0.3 is 0 Å². The number of benzene rings is 6. The smallest absolute Gasteiger partial charge is 0.242 e. The van der Waals surface area contributed by atoms with Gasteiger partial charge >= 0.3 is 0 Å². The van der Waals surface area contributed by atoms with Crippen LogP contribution in [-0.4, -0.2) is 23.4 Å². The van der Waals surface area contributed by atoms with Crippen LogP contribution in [0.4, 0.5) is 34.4 Å². The quantitative estimate of drug-likeness (QED) is 0.166. The van der Waals surface area contributed by atoms with Gasteiger partial charge in [-0.05, 0) is 97.3 Å². The molecule has 0 saturated heterocycles. The van der Waals surface area contributed by atoms with Crippen molar-refractivity contribution in [3.05, 3.63) is 202 Å². The van der Waals surface area contributed by atoms with E-state index in [-0.39, 0.29) is 24.3 Å². The Kier molecular flexibility index (Phi) is 8.61. The second-order valence-corrected chi connectivity index (χ2v) is 18.7. The molecule has 5 heterocycles. The Labute approximate surface area is 367 Å². The lowest BCUT2D eigenvalue weighted by atomic mass is 9.20. The first-order valence-corrected chi connectivity index (χ1v) is 22.1. The normalized spacial score (nSPS) is 15.2. The largest absolute Gasteiger partial charge is 0.294 e. The van der Waals surface area contributed by atoms with Gasteiger partial charge in [0.1, 0.15) is 11.6 Å². The van der Waals surface area contributed by atoms with Crippen molar-refractivity contribution in [2.45, 2.75) is 66.2 Å². The minimum Gasteiger partial charge on any atom is -0.294 e. The second kappa shape index (κ2) is 13.9. The fraction of sp³-hybridized carbons (Fsp3) is 0.179. The number of anilines is 6. The Balaban J connectivity index is 1.04. The van der Waals surface area contributed by atoms with Crippen molar-refractivity contribution in [3.8, 4) is 0 Å². The summed E-state index contributed by atoms with van der Waals surface area (Å²) < 4.78 is 0. The molecule has 0 aliphatic carbocycles. The predicted molar refractivity (Wildman–Crippen MR) is 263 cm³/mol. The van der Waals surface area contributed by atoms with E-state index in [0.29, 0.717) is 0 Å². The highest BCUT2D eigenvalue weighted by atomic mass is 15.2. The third-order valence-corrected chi connectivity index (χ3v) is 14.4. The highest BCUT2D eigenvalue weighted by Crippen LogP contribution is 2.52. The number of aromatic nitrogens is 2. The maximum atomic E-state index is 5.54. The Morgan fingerprint density at radius 3 is 0.903 bits per heavy atom. The molecule has 0 radical (unpaired) electrons. The molecule has 2 aromatic heterocycles. The fourth-order valence-corrected chi connectivity index (χ4v) is 11.6. The van der Waals surface area contributed by atoms with Gasteiger partial charge in [0.25, 0.3) is 0 Å². The summed E-state index contributed by atoms with van der Waals surface area (Å²) in [6.45, 7) is 18.4. The van der Waals surface area contributed by atoms with E-state index in [4.69, 9.17) is 9.97 Å². The number of nitrogens with zero attached hydrogens (tertiary/aromatic N) is 4. The van der Waals surface area contributed by atoms with Gasteiger partial charge in [0, 0.05) is 22.2 Å². The van der Waals surface area contributed by atoms with E-state index in [1.165, 1.54) is 88.9 Å². The Morgan fingerprint density at radius 1 is 0.371 bits per heavy atom. The molecule has 0 unspecified atom stereocenters. The highest BCUT2D eigenvalue weighted by Gasteiger charge is 2.43. The molecule has 300 valence electrons. The summed E-state index contributed by atoms with van der Waals surface area (Å²) in [5.41, 5.74) is 22.2. The molecule has 0 N–H and O–H groups in total. The maximum Gasteiger partial charge on any atom is 0.242 e. The first kappa shape index (κ1) is 38.3. The van der Waals surface area contributed by atoms with E-state index in [0.717, 1.165) is 23.0 Å². The molecule has 0 amide bonds.